The fourth-order valence-electron chi connectivity index (χ4n) is 1.51. The SMILES string of the molecule is CCNCc1ccc(OC)c(CC(=O)O)c1. The third kappa shape index (κ3) is 3.55. The summed E-state index contributed by atoms with van der Waals surface area (Å²) in [6.07, 6.45) is -0.0108. The van der Waals surface area contributed by atoms with Crippen LogP contribution >= 0.6 is 0 Å². The Balaban J connectivity index is 2.87. The van der Waals surface area contributed by atoms with Crippen LogP contribution in [0.2, 0.25) is 0 Å². The van der Waals surface area contributed by atoms with Gasteiger partial charge >= 0.3 is 5.97 Å². The molecule has 2 N–H and O–H groups in total. The van der Waals surface area contributed by atoms with Crippen molar-refractivity contribution in [2.45, 2.75) is 19.9 Å². The third-order valence-electron chi connectivity index (χ3n) is 2.27. The zero-order valence-corrected chi connectivity index (χ0v) is 9.62. The summed E-state index contributed by atoms with van der Waals surface area (Å²) in [7, 11) is 1.55. The molecule has 0 aliphatic rings. The molecule has 4 heteroatoms. The summed E-state index contributed by atoms with van der Waals surface area (Å²) >= 11 is 0. The Bertz CT molecular complexity index is 363. The summed E-state index contributed by atoms with van der Waals surface area (Å²) in [4.78, 5) is 10.7. The molecule has 1 aromatic rings. The second-order valence-corrected chi connectivity index (χ2v) is 3.50. The van der Waals surface area contributed by atoms with Crippen molar-refractivity contribution in [2.75, 3.05) is 13.7 Å². The Hall–Kier alpha value is -1.55. The standard InChI is InChI=1S/C12H17NO3/c1-3-13-8-9-4-5-11(16-2)10(6-9)7-12(14)15/h4-6,13H,3,7-8H2,1-2H3,(H,14,15). The number of ether oxygens (including phenoxy) is 1. The quantitative estimate of drug-likeness (QED) is 0.766. The average Bonchev–Trinajstić information content (AvgIpc) is 2.26. The van der Waals surface area contributed by atoms with Crippen LogP contribution in [-0.2, 0) is 17.8 Å². The molecule has 0 bridgehead atoms. The summed E-state index contributed by atoms with van der Waals surface area (Å²) in [5.74, 6) is -0.221. The van der Waals surface area contributed by atoms with E-state index in [1.54, 1.807) is 7.11 Å². The van der Waals surface area contributed by atoms with E-state index in [-0.39, 0.29) is 6.42 Å². The first kappa shape index (κ1) is 12.5. The molecule has 0 saturated heterocycles. The minimum absolute atomic E-state index is 0.0108. The van der Waals surface area contributed by atoms with Crippen LogP contribution in [0.25, 0.3) is 0 Å². The van der Waals surface area contributed by atoms with Crippen LogP contribution in [0.4, 0.5) is 0 Å². The molecule has 88 valence electrons. The molecule has 1 aromatic carbocycles. The minimum atomic E-state index is -0.848. The zero-order chi connectivity index (χ0) is 12.0. The first-order valence-corrected chi connectivity index (χ1v) is 5.25. The molecular formula is C12H17NO3. The van der Waals surface area contributed by atoms with Gasteiger partial charge in [0.25, 0.3) is 0 Å². The smallest absolute Gasteiger partial charge is 0.307 e. The van der Waals surface area contributed by atoms with E-state index in [1.807, 2.05) is 25.1 Å². The van der Waals surface area contributed by atoms with Crippen LogP contribution < -0.4 is 10.1 Å². The number of nitrogens with one attached hydrogen (secondary N) is 1. The van der Waals surface area contributed by atoms with Crippen molar-refractivity contribution in [3.05, 3.63) is 29.3 Å². The summed E-state index contributed by atoms with van der Waals surface area (Å²) in [6.45, 7) is 3.66. The maximum atomic E-state index is 10.7. The Labute approximate surface area is 95.2 Å². The van der Waals surface area contributed by atoms with E-state index >= 15 is 0 Å². The van der Waals surface area contributed by atoms with Crippen LogP contribution in [-0.4, -0.2) is 24.7 Å². The number of rotatable bonds is 6. The fraction of sp³-hybridized carbons (Fsp3) is 0.417. The monoisotopic (exact) mass is 223 g/mol. The number of hydrogen-bond donors (Lipinski definition) is 2. The highest BCUT2D eigenvalue weighted by Crippen LogP contribution is 2.20. The Morgan fingerprint density at radius 1 is 1.50 bits per heavy atom. The lowest BCUT2D eigenvalue weighted by Crippen LogP contribution is -2.12. The number of carboxylic acids is 1. The van der Waals surface area contributed by atoms with Crippen molar-refractivity contribution in [1.29, 1.82) is 0 Å². The molecule has 0 aliphatic carbocycles. The maximum Gasteiger partial charge on any atom is 0.307 e. The molecule has 0 unspecified atom stereocenters. The lowest BCUT2D eigenvalue weighted by atomic mass is 10.1. The Morgan fingerprint density at radius 2 is 2.25 bits per heavy atom. The summed E-state index contributed by atoms with van der Waals surface area (Å²) in [5, 5.41) is 12.0. The summed E-state index contributed by atoms with van der Waals surface area (Å²) in [5.41, 5.74) is 1.78. The van der Waals surface area contributed by atoms with Crippen molar-refractivity contribution >= 4 is 5.97 Å². The van der Waals surface area contributed by atoms with Crippen molar-refractivity contribution in [1.82, 2.24) is 5.32 Å². The number of methoxy groups -OCH3 is 1. The number of carboxylic acid groups (broad SMARTS) is 1. The van der Waals surface area contributed by atoms with Gasteiger partial charge in [-0.2, -0.15) is 0 Å². The molecule has 0 saturated carbocycles. The fourth-order valence-corrected chi connectivity index (χ4v) is 1.51. The molecule has 0 heterocycles. The molecule has 0 aliphatic heterocycles. The molecule has 0 fully saturated rings. The van der Waals surface area contributed by atoms with E-state index in [1.165, 1.54) is 0 Å². The van der Waals surface area contributed by atoms with Crippen molar-refractivity contribution in [3.8, 4) is 5.75 Å². The number of hydrogen-bond acceptors (Lipinski definition) is 3. The molecule has 0 atom stereocenters. The number of aliphatic carboxylic acids is 1. The predicted octanol–water partition coefficient (Wildman–Crippen LogP) is 1.43. The molecule has 4 nitrogen and oxygen atoms in total. The summed E-state index contributed by atoms with van der Waals surface area (Å²) in [6, 6.07) is 5.62. The summed E-state index contributed by atoms with van der Waals surface area (Å²) < 4.78 is 5.12. The van der Waals surface area contributed by atoms with Crippen molar-refractivity contribution in [3.63, 3.8) is 0 Å². The van der Waals surface area contributed by atoms with Gasteiger partial charge in [-0.15, -0.1) is 0 Å². The Kier molecular flexibility index (Phi) is 4.79. The van der Waals surface area contributed by atoms with Gasteiger partial charge in [-0.1, -0.05) is 19.1 Å². The van der Waals surface area contributed by atoms with Crippen LogP contribution in [0.5, 0.6) is 5.75 Å². The average molecular weight is 223 g/mol. The first-order chi connectivity index (χ1) is 7.67. The van der Waals surface area contributed by atoms with Gasteiger partial charge in [-0.3, -0.25) is 4.79 Å². The normalized spacial score (nSPS) is 10.1. The van der Waals surface area contributed by atoms with Gasteiger partial charge in [-0.25, -0.2) is 0 Å². The minimum Gasteiger partial charge on any atom is -0.496 e. The molecule has 0 radical (unpaired) electrons. The predicted molar refractivity (Wildman–Crippen MR) is 61.7 cm³/mol. The lowest BCUT2D eigenvalue weighted by molar-refractivity contribution is -0.136. The van der Waals surface area contributed by atoms with Gasteiger partial charge in [0.15, 0.2) is 0 Å². The highest BCUT2D eigenvalue weighted by Gasteiger charge is 2.08. The highest BCUT2D eigenvalue weighted by atomic mass is 16.5. The van der Waals surface area contributed by atoms with Crippen LogP contribution in [0.1, 0.15) is 18.1 Å². The van der Waals surface area contributed by atoms with E-state index in [2.05, 4.69) is 5.32 Å². The Morgan fingerprint density at radius 3 is 2.81 bits per heavy atom. The van der Waals surface area contributed by atoms with Gasteiger partial charge < -0.3 is 15.2 Å². The topological polar surface area (TPSA) is 58.6 Å². The molecule has 1 rings (SSSR count). The lowest BCUT2D eigenvalue weighted by Gasteiger charge is -2.09. The van der Waals surface area contributed by atoms with E-state index in [9.17, 15) is 4.79 Å². The van der Waals surface area contributed by atoms with Crippen LogP contribution in [0.15, 0.2) is 18.2 Å². The molecular weight excluding hydrogens is 206 g/mol. The van der Waals surface area contributed by atoms with E-state index in [0.29, 0.717) is 11.3 Å². The van der Waals surface area contributed by atoms with E-state index in [4.69, 9.17) is 9.84 Å². The van der Waals surface area contributed by atoms with E-state index in [0.717, 1.165) is 18.7 Å². The van der Waals surface area contributed by atoms with Crippen LogP contribution in [0, 0.1) is 0 Å². The van der Waals surface area contributed by atoms with Gasteiger partial charge in [0.05, 0.1) is 13.5 Å². The maximum absolute atomic E-state index is 10.7. The van der Waals surface area contributed by atoms with Gasteiger partial charge in [-0.05, 0) is 18.2 Å². The van der Waals surface area contributed by atoms with Crippen LogP contribution in [0.3, 0.4) is 0 Å². The number of carbonyl (C=O) groups is 1. The van der Waals surface area contributed by atoms with Crippen molar-refractivity contribution in [2.24, 2.45) is 0 Å². The zero-order valence-electron chi connectivity index (χ0n) is 9.62. The van der Waals surface area contributed by atoms with E-state index < -0.39 is 5.97 Å². The molecule has 0 amide bonds. The first-order valence-electron chi connectivity index (χ1n) is 5.25. The van der Waals surface area contributed by atoms with Crippen molar-refractivity contribution < 1.29 is 14.6 Å². The van der Waals surface area contributed by atoms with Gasteiger partial charge in [0.2, 0.25) is 0 Å². The second-order valence-electron chi connectivity index (χ2n) is 3.50. The molecule has 0 spiro atoms. The largest absolute Gasteiger partial charge is 0.496 e. The second kappa shape index (κ2) is 6.12. The highest BCUT2D eigenvalue weighted by molar-refractivity contribution is 5.71. The molecule has 0 aromatic heterocycles. The third-order valence-corrected chi connectivity index (χ3v) is 2.27. The molecule has 16 heavy (non-hydrogen) atoms. The van der Waals surface area contributed by atoms with Gasteiger partial charge in [0.1, 0.15) is 5.75 Å². The van der Waals surface area contributed by atoms with Gasteiger partial charge in [0, 0.05) is 12.1 Å². The number of benzene rings is 1.